The van der Waals surface area contributed by atoms with E-state index < -0.39 is 15.4 Å². The van der Waals surface area contributed by atoms with E-state index in [0.717, 1.165) is 36.9 Å². The van der Waals surface area contributed by atoms with Gasteiger partial charge in [0, 0.05) is 52.6 Å². The van der Waals surface area contributed by atoms with E-state index in [4.69, 9.17) is 0 Å². The predicted octanol–water partition coefficient (Wildman–Crippen LogP) is 4.08. The highest BCUT2D eigenvalue weighted by molar-refractivity contribution is 7.93. The molecule has 0 radical (unpaired) electrons. The van der Waals surface area contributed by atoms with Gasteiger partial charge < -0.3 is 15.5 Å². The first kappa shape index (κ1) is 27.1. The number of aromatic nitrogens is 3. The third-order valence-electron chi connectivity index (χ3n) is 7.89. The van der Waals surface area contributed by atoms with E-state index in [-0.39, 0.29) is 29.3 Å². The van der Waals surface area contributed by atoms with Crippen LogP contribution in [0.25, 0.3) is 10.9 Å². The van der Waals surface area contributed by atoms with Crippen molar-refractivity contribution in [2.45, 2.75) is 43.0 Å². The lowest BCUT2D eigenvalue weighted by Gasteiger charge is -2.29. The molecule has 2 aliphatic heterocycles. The Morgan fingerprint density at radius 2 is 1.73 bits per heavy atom. The third kappa shape index (κ3) is 5.22. The molecule has 11 heteroatoms. The van der Waals surface area contributed by atoms with E-state index in [0.29, 0.717) is 22.6 Å². The largest absolute Gasteiger partial charge is 0.349 e. The van der Waals surface area contributed by atoms with Gasteiger partial charge in [-0.1, -0.05) is 32.0 Å². The van der Waals surface area contributed by atoms with Crippen molar-refractivity contribution in [2.24, 2.45) is 0 Å². The minimum Gasteiger partial charge on any atom is -0.349 e. The first-order valence-corrected chi connectivity index (χ1v) is 15.2. The number of rotatable bonds is 6. The number of piperidine rings is 1. The summed E-state index contributed by atoms with van der Waals surface area (Å²) in [4.78, 5) is 28.6. The zero-order chi connectivity index (χ0) is 28.8. The molecule has 4 aromatic rings. The van der Waals surface area contributed by atoms with E-state index >= 15 is 0 Å². The van der Waals surface area contributed by atoms with Gasteiger partial charge in [0.25, 0.3) is 15.9 Å². The number of nitrogens with one attached hydrogen (secondary N) is 2. The van der Waals surface area contributed by atoms with Crippen molar-refractivity contribution in [1.82, 2.24) is 25.2 Å². The van der Waals surface area contributed by atoms with Crippen LogP contribution in [0.5, 0.6) is 0 Å². The fourth-order valence-electron chi connectivity index (χ4n) is 5.48. The van der Waals surface area contributed by atoms with Crippen molar-refractivity contribution in [3.63, 3.8) is 0 Å². The Kier molecular flexibility index (Phi) is 6.87. The van der Waals surface area contributed by atoms with Crippen molar-refractivity contribution in [3.8, 4) is 0 Å². The molecule has 2 aromatic carbocycles. The number of anilines is 3. The number of likely N-dealkylation sites (tertiary alicyclic amines) is 1. The molecule has 2 N–H and O–H groups in total. The second kappa shape index (κ2) is 10.4. The maximum absolute atomic E-state index is 14.0. The average molecular weight is 572 g/mol. The van der Waals surface area contributed by atoms with E-state index in [1.54, 1.807) is 54.9 Å². The fraction of sp³-hybridized carbons (Fsp3) is 0.333. The van der Waals surface area contributed by atoms with E-state index in [1.807, 2.05) is 26.0 Å². The first-order chi connectivity index (χ1) is 19.6. The Morgan fingerprint density at radius 1 is 1.00 bits per heavy atom. The number of para-hydroxylation sites is 1. The Morgan fingerprint density at radius 3 is 2.49 bits per heavy atom. The van der Waals surface area contributed by atoms with E-state index in [2.05, 4.69) is 37.5 Å². The topological polar surface area (TPSA) is 120 Å². The monoisotopic (exact) mass is 571 g/mol. The molecule has 1 amide bonds. The van der Waals surface area contributed by atoms with Gasteiger partial charge in [0.2, 0.25) is 5.95 Å². The van der Waals surface area contributed by atoms with Crippen LogP contribution >= 0.6 is 0 Å². The van der Waals surface area contributed by atoms with Crippen LogP contribution in [0.4, 0.5) is 17.5 Å². The lowest BCUT2D eigenvalue weighted by atomic mass is 9.89. The minimum atomic E-state index is -3.96. The van der Waals surface area contributed by atoms with E-state index in [1.165, 1.54) is 4.31 Å². The third-order valence-corrected chi connectivity index (χ3v) is 9.66. The summed E-state index contributed by atoms with van der Waals surface area (Å²) in [6.07, 6.45) is 5.16. The molecule has 10 nitrogen and oxygen atoms in total. The molecule has 1 fully saturated rings. The Labute approximate surface area is 239 Å². The van der Waals surface area contributed by atoms with Gasteiger partial charge in [-0.15, -0.1) is 0 Å². The van der Waals surface area contributed by atoms with Crippen LogP contribution in [0, 0.1) is 0 Å². The molecular formula is C30H33N7O3S. The number of carbonyl (C=O) groups excluding carboxylic acids is 1. The zero-order valence-electron chi connectivity index (χ0n) is 23.3. The summed E-state index contributed by atoms with van der Waals surface area (Å²) in [6, 6.07) is 16.1. The number of hydrogen-bond acceptors (Lipinski definition) is 8. The number of amides is 1. The summed E-state index contributed by atoms with van der Waals surface area (Å²) >= 11 is 0. The van der Waals surface area contributed by atoms with Gasteiger partial charge in [0.05, 0.1) is 5.52 Å². The zero-order valence-corrected chi connectivity index (χ0v) is 24.1. The highest BCUT2D eigenvalue weighted by Crippen LogP contribution is 2.42. The van der Waals surface area contributed by atoms with Gasteiger partial charge >= 0.3 is 0 Å². The summed E-state index contributed by atoms with van der Waals surface area (Å²) in [5.74, 6) is 0.515. The summed E-state index contributed by atoms with van der Waals surface area (Å²) in [7, 11) is -1.87. The molecule has 0 atom stereocenters. The molecule has 0 bridgehead atoms. The Balaban J connectivity index is 1.24. The van der Waals surface area contributed by atoms with Crippen LogP contribution in [0.2, 0.25) is 0 Å². The normalized spacial score (nSPS) is 17.4. The van der Waals surface area contributed by atoms with Gasteiger partial charge in [-0.3, -0.25) is 9.78 Å². The lowest BCUT2D eigenvalue weighted by Crippen LogP contribution is -2.43. The second-order valence-corrected chi connectivity index (χ2v) is 13.2. The number of nitrogens with zero attached hydrogens (tertiary/aromatic N) is 5. The number of fused-ring (bicyclic) bond motifs is 2. The molecule has 212 valence electrons. The van der Waals surface area contributed by atoms with Crippen LogP contribution in [-0.2, 0) is 15.4 Å². The minimum absolute atomic E-state index is 0.0918. The number of carbonyl (C=O) groups is 1. The molecule has 41 heavy (non-hydrogen) atoms. The van der Waals surface area contributed by atoms with Crippen molar-refractivity contribution in [1.29, 1.82) is 0 Å². The molecule has 2 aliphatic rings. The molecule has 0 spiro atoms. The smallest absolute Gasteiger partial charge is 0.267 e. The maximum Gasteiger partial charge on any atom is 0.267 e. The van der Waals surface area contributed by atoms with Crippen molar-refractivity contribution < 1.29 is 13.2 Å². The van der Waals surface area contributed by atoms with Gasteiger partial charge in [-0.2, -0.15) is 4.98 Å². The number of hydrogen-bond donors (Lipinski definition) is 2. The van der Waals surface area contributed by atoms with Gasteiger partial charge in [-0.25, -0.2) is 17.7 Å². The summed E-state index contributed by atoms with van der Waals surface area (Å²) in [5, 5.41) is 7.04. The number of sulfonamides is 1. The summed E-state index contributed by atoms with van der Waals surface area (Å²) in [5.41, 5.74) is 1.95. The van der Waals surface area contributed by atoms with Crippen LogP contribution < -0.4 is 14.9 Å². The molecule has 1 saturated heterocycles. The van der Waals surface area contributed by atoms with E-state index in [9.17, 15) is 13.2 Å². The standard InChI is InChI=1S/C30H33N7O3S/c1-30(2)19-37(41(39,40)25-8-4-6-20-7-5-15-31-26(20)25)27-24(30)18-32-29(35-27)34-22-11-9-21(10-12-22)28(38)33-23-13-16-36(3)17-14-23/h4-12,15,18,23H,13-14,16-17,19H2,1-3H3,(H,33,38)(H,32,34,35). The van der Waals surface area contributed by atoms with Gasteiger partial charge in [-0.05, 0) is 69.4 Å². The van der Waals surface area contributed by atoms with Crippen molar-refractivity contribution in [3.05, 3.63) is 78.1 Å². The Bertz CT molecular complexity index is 1710. The lowest BCUT2D eigenvalue weighted by molar-refractivity contribution is 0.0917. The number of pyridine rings is 1. The van der Waals surface area contributed by atoms with Crippen LogP contribution in [-0.4, -0.2) is 66.9 Å². The highest BCUT2D eigenvalue weighted by atomic mass is 32.2. The van der Waals surface area contributed by atoms with Crippen molar-refractivity contribution >= 4 is 44.3 Å². The predicted molar refractivity (Wildman–Crippen MR) is 159 cm³/mol. The maximum atomic E-state index is 14.0. The van der Waals surface area contributed by atoms with Crippen LogP contribution in [0.1, 0.15) is 42.6 Å². The Hall–Kier alpha value is -4.09. The molecule has 0 aliphatic carbocycles. The molecular weight excluding hydrogens is 538 g/mol. The van der Waals surface area contributed by atoms with Crippen molar-refractivity contribution in [2.75, 3.05) is 36.3 Å². The fourth-order valence-corrected chi connectivity index (χ4v) is 7.24. The van der Waals surface area contributed by atoms with Crippen LogP contribution in [0.3, 0.4) is 0 Å². The molecule has 4 heterocycles. The van der Waals surface area contributed by atoms with Crippen LogP contribution in [0.15, 0.2) is 71.9 Å². The summed E-state index contributed by atoms with van der Waals surface area (Å²) < 4.78 is 29.3. The van der Waals surface area contributed by atoms with Gasteiger partial charge in [0.1, 0.15) is 4.90 Å². The summed E-state index contributed by atoms with van der Waals surface area (Å²) in [6.45, 7) is 6.14. The SMILES string of the molecule is CN1CCC(NC(=O)c2ccc(Nc3ncc4c(n3)N(S(=O)(=O)c3cccc5cccnc35)CC4(C)C)cc2)CC1. The number of benzene rings is 2. The molecule has 6 rings (SSSR count). The van der Waals surface area contributed by atoms with Gasteiger partial charge in [0.15, 0.2) is 5.82 Å². The molecule has 0 unspecified atom stereocenters. The highest BCUT2D eigenvalue weighted by Gasteiger charge is 2.43. The average Bonchev–Trinajstić information content (AvgIpc) is 3.25. The second-order valence-electron chi connectivity index (χ2n) is 11.4. The molecule has 2 aromatic heterocycles. The quantitative estimate of drug-likeness (QED) is 0.355. The molecule has 0 saturated carbocycles. The first-order valence-electron chi connectivity index (χ1n) is 13.7.